The molecule has 1 aromatic carbocycles. The van der Waals surface area contributed by atoms with Gasteiger partial charge < -0.3 is 0 Å². The summed E-state index contributed by atoms with van der Waals surface area (Å²) in [5.41, 5.74) is 1.18. The maximum absolute atomic E-state index is 11.4. The number of carbonyl (C=O) groups is 1. The fourth-order valence-electron chi connectivity index (χ4n) is 1.92. The number of thiophene rings is 1. The monoisotopic (exact) mass is 314 g/mol. The molecule has 0 radical (unpaired) electrons. The van der Waals surface area contributed by atoms with Crippen LogP contribution in [0.3, 0.4) is 0 Å². The second kappa shape index (κ2) is 5.95. The van der Waals surface area contributed by atoms with Crippen molar-refractivity contribution >= 4 is 39.1 Å². The van der Waals surface area contributed by atoms with Crippen LogP contribution in [0.5, 0.6) is 0 Å². The predicted molar refractivity (Wildman–Crippen MR) is 88.9 cm³/mol. The summed E-state index contributed by atoms with van der Waals surface area (Å²) >= 11 is 3.15. The largest absolute Gasteiger partial charge is 0.299 e. The molecule has 0 bridgehead atoms. The number of rotatable bonds is 4. The minimum atomic E-state index is -0.0943. The van der Waals surface area contributed by atoms with E-state index in [1.807, 2.05) is 25.1 Å². The summed E-state index contributed by atoms with van der Waals surface area (Å²) in [6, 6.07) is 12.3. The van der Waals surface area contributed by atoms with Crippen LogP contribution in [0.1, 0.15) is 13.8 Å². The highest BCUT2D eigenvalue weighted by Gasteiger charge is 2.15. The van der Waals surface area contributed by atoms with E-state index >= 15 is 0 Å². The van der Waals surface area contributed by atoms with Gasteiger partial charge in [-0.15, -0.1) is 11.3 Å². The van der Waals surface area contributed by atoms with Gasteiger partial charge in [0.1, 0.15) is 22.0 Å². The number of Topliss-reactive ketones (excluding diaryl/α,β-unsaturated/α-hetero) is 1. The summed E-state index contributed by atoms with van der Waals surface area (Å²) in [6.45, 7) is 3.52. The van der Waals surface area contributed by atoms with Crippen LogP contribution in [0.2, 0.25) is 0 Å². The minimum absolute atomic E-state index is 0.0943. The van der Waals surface area contributed by atoms with Gasteiger partial charge in [0.2, 0.25) is 0 Å². The van der Waals surface area contributed by atoms with Gasteiger partial charge in [-0.1, -0.05) is 42.1 Å². The lowest BCUT2D eigenvalue weighted by Crippen LogP contribution is -2.08. The van der Waals surface area contributed by atoms with Gasteiger partial charge in [0.15, 0.2) is 0 Å². The molecule has 0 aliphatic rings. The third kappa shape index (κ3) is 2.99. The number of nitrogens with zero attached hydrogens (tertiary/aromatic N) is 2. The molecule has 0 amide bonds. The molecular formula is C16H14N2OS2. The van der Waals surface area contributed by atoms with E-state index in [0.29, 0.717) is 0 Å². The normalized spacial score (nSPS) is 12.5. The molecule has 21 heavy (non-hydrogen) atoms. The van der Waals surface area contributed by atoms with Gasteiger partial charge in [-0.05, 0) is 25.5 Å². The topological polar surface area (TPSA) is 42.9 Å². The number of thioether (sulfide) groups is 1. The Morgan fingerprint density at radius 2 is 2.00 bits per heavy atom. The fourth-order valence-corrected chi connectivity index (χ4v) is 3.88. The first-order chi connectivity index (χ1) is 10.1. The maximum atomic E-state index is 11.4. The summed E-state index contributed by atoms with van der Waals surface area (Å²) in [4.78, 5) is 22.3. The standard InChI is InChI=1S/C16H14N2OS2/c1-10(19)11(2)20-15-13-8-14(12-6-4-3-5-7-12)21-16(13)18-9-17-15/h3-9,11H,1-2H3/t11-/m0/s1. The number of hydrogen-bond donors (Lipinski definition) is 0. The molecule has 0 saturated carbocycles. The van der Waals surface area contributed by atoms with Gasteiger partial charge in [0.05, 0.1) is 5.25 Å². The zero-order valence-electron chi connectivity index (χ0n) is 11.7. The SMILES string of the molecule is CC(=O)[C@H](C)Sc1ncnc2sc(-c3ccccc3)cc12. The molecule has 5 heteroatoms. The van der Waals surface area contributed by atoms with Crippen molar-refractivity contribution < 1.29 is 4.79 Å². The lowest BCUT2D eigenvalue weighted by atomic mass is 10.2. The Morgan fingerprint density at radius 1 is 1.24 bits per heavy atom. The molecular weight excluding hydrogens is 300 g/mol. The first-order valence-corrected chi connectivity index (χ1v) is 8.32. The van der Waals surface area contributed by atoms with E-state index in [0.717, 1.165) is 15.2 Å². The van der Waals surface area contributed by atoms with E-state index in [9.17, 15) is 4.79 Å². The highest BCUT2D eigenvalue weighted by atomic mass is 32.2. The van der Waals surface area contributed by atoms with Gasteiger partial charge >= 0.3 is 0 Å². The molecule has 2 aromatic heterocycles. The fraction of sp³-hybridized carbons (Fsp3) is 0.188. The molecule has 0 aliphatic heterocycles. The second-order valence-corrected chi connectivity index (χ2v) is 7.11. The third-order valence-electron chi connectivity index (χ3n) is 3.21. The van der Waals surface area contributed by atoms with Gasteiger partial charge in [0.25, 0.3) is 0 Å². The molecule has 106 valence electrons. The molecule has 2 heterocycles. The Morgan fingerprint density at radius 3 is 2.71 bits per heavy atom. The van der Waals surface area contributed by atoms with Crippen molar-refractivity contribution in [1.82, 2.24) is 9.97 Å². The van der Waals surface area contributed by atoms with Crippen molar-refractivity contribution in [1.29, 1.82) is 0 Å². The van der Waals surface area contributed by atoms with Crippen LogP contribution in [-0.4, -0.2) is 21.0 Å². The summed E-state index contributed by atoms with van der Waals surface area (Å²) < 4.78 is 0. The zero-order valence-corrected chi connectivity index (χ0v) is 13.4. The van der Waals surface area contributed by atoms with E-state index in [1.54, 1.807) is 24.6 Å². The van der Waals surface area contributed by atoms with E-state index in [-0.39, 0.29) is 11.0 Å². The highest BCUT2D eigenvalue weighted by Crippen LogP contribution is 2.37. The smallest absolute Gasteiger partial charge is 0.142 e. The van der Waals surface area contributed by atoms with Gasteiger partial charge in [-0.25, -0.2) is 9.97 Å². The van der Waals surface area contributed by atoms with Crippen LogP contribution >= 0.6 is 23.1 Å². The number of ketones is 1. The van der Waals surface area contributed by atoms with Crippen molar-refractivity contribution in [3.63, 3.8) is 0 Å². The first kappa shape index (κ1) is 14.2. The first-order valence-electron chi connectivity index (χ1n) is 6.62. The van der Waals surface area contributed by atoms with Crippen LogP contribution < -0.4 is 0 Å². The molecule has 0 fully saturated rings. The number of aromatic nitrogens is 2. The van der Waals surface area contributed by atoms with Crippen molar-refractivity contribution in [2.75, 3.05) is 0 Å². The minimum Gasteiger partial charge on any atom is -0.299 e. The van der Waals surface area contributed by atoms with Crippen molar-refractivity contribution in [2.24, 2.45) is 0 Å². The second-order valence-electron chi connectivity index (χ2n) is 4.75. The van der Waals surface area contributed by atoms with Crippen LogP contribution in [0.4, 0.5) is 0 Å². The van der Waals surface area contributed by atoms with E-state index in [4.69, 9.17) is 0 Å². The van der Waals surface area contributed by atoms with Gasteiger partial charge in [0, 0.05) is 10.3 Å². The maximum Gasteiger partial charge on any atom is 0.142 e. The van der Waals surface area contributed by atoms with Crippen LogP contribution in [-0.2, 0) is 4.79 Å². The lowest BCUT2D eigenvalue weighted by Gasteiger charge is -2.06. The number of benzene rings is 1. The molecule has 3 aromatic rings. The van der Waals surface area contributed by atoms with E-state index < -0.39 is 0 Å². The number of hydrogen-bond acceptors (Lipinski definition) is 5. The summed E-state index contributed by atoms with van der Waals surface area (Å²) in [5.74, 6) is 0.158. The molecule has 1 atom stereocenters. The van der Waals surface area contributed by atoms with Crippen molar-refractivity contribution in [3.8, 4) is 10.4 Å². The highest BCUT2D eigenvalue weighted by molar-refractivity contribution is 8.00. The molecule has 0 N–H and O–H groups in total. The summed E-state index contributed by atoms with van der Waals surface area (Å²) in [6.07, 6.45) is 1.57. The molecule has 0 spiro atoms. The van der Waals surface area contributed by atoms with E-state index in [1.165, 1.54) is 22.2 Å². The average Bonchev–Trinajstić information content (AvgIpc) is 2.93. The van der Waals surface area contributed by atoms with E-state index in [2.05, 4.69) is 28.2 Å². The average molecular weight is 314 g/mol. The van der Waals surface area contributed by atoms with Crippen LogP contribution in [0.25, 0.3) is 20.7 Å². The van der Waals surface area contributed by atoms with Crippen LogP contribution in [0, 0.1) is 0 Å². The zero-order chi connectivity index (χ0) is 14.8. The number of fused-ring (bicyclic) bond motifs is 1. The summed E-state index contributed by atoms with van der Waals surface area (Å²) in [7, 11) is 0. The Hall–Kier alpha value is -1.72. The molecule has 3 rings (SSSR count). The molecule has 0 aliphatic carbocycles. The van der Waals surface area contributed by atoms with Crippen molar-refractivity contribution in [3.05, 3.63) is 42.7 Å². The quantitative estimate of drug-likeness (QED) is 0.528. The summed E-state index contributed by atoms with van der Waals surface area (Å²) in [5, 5.41) is 1.81. The van der Waals surface area contributed by atoms with Gasteiger partial charge in [-0.3, -0.25) is 4.79 Å². The Balaban J connectivity index is 2.04. The molecule has 3 nitrogen and oxygen atoms in total. The third-order valence-corrected chi connectivity index (χ3v) is 5.54. The number of carbonyl (C=O) groups excluding carboxylic acids is 1. The Labute approximate surface area is 131 Å². The van der Waals surface area contributed by atoms with Gasteiger partial charge in [-0.2, -0.15) is 0 Å². The molecule has 0 saturated heterocycles. The lowest BCUT2D eigenvalue weighted by molar-refractivity contribution is -0.116. The van der Waals surface area contributed by atoms with Crippen molar-refractivity contribution in [2.45, 2.75) is 24.1 Å². The van der Waals surface area contributed by atoms with Crippen LogP contribution in [0.15, 0.2) is 47.8 Å². The Bertz CT molecular complexity index is 783. The predicted octanol–water partition coefficient (Wildman–Crippen LogP) is 4.43. The Kier molecular flexibility index (Phi) is 4.03. The molecule has 0 unspecified atom stereocenters.